The normalized spacial score (nSPS) is 28.3. The summed E-state index contributed by atoms with van der Waals surface area (Å²) in [5.74, 6) is 1.03. The Morgan fingerprint density at radius 1 is 1.12 bits per heavy atom. The van der Waals surface area contributed by atoms with E-state index in [1.165, 1.54) is 16.7 Å². The molecule has 1 nitrogen and oxygen atoms in total. The van der Waals surface area contributed by atoms with Crippen molar-refractivity contribution in [1.29, 1.82) is 0 Å². The van der Waals surface area contributed by atoms with E-state index in [4.69, 9.17) is 4.74 Å². The third kappa shape index (κ3) is 1.52. The third-order valence-electron chi connectivity index (χ3n) is 3.52. The summed E-state index contributed by atoms with van der Waals surface area (Å²) in [4.78, 5) is 0. The zero-order valence-corrected chi connectivity index (χ0v) is 9.52. The van der Waals surface area contributed by atoms with Crippen LogP contribution in [0, 0.1) is 11.8 Å². The van der Waals surface area contributed by atoms with Gasteiger partial charge >= 0.3 is 0 Å². The van der Waals surface area contributed by atoms with Gasteiger partial charge in [-0.3, -0.25) is 0 Å². The smallest absolute Gasteiger partial charge is 0.0689 e. The SMILES string of the molecule is CC1C=CC2COCC2=C1c1ccccc1. The molecule has 1 aliphatic carbocycles. The zero-order valence-electron chi connectivity index (χ0n) is 9.52. The maximum absolute atomic E-state index is 5.58. The minimum atomic E-state index is 0.510. The first-order chi connectivity index (χ1) is 7.86. The minimum absolute atomic E-state index is 0.510. The van der Waals surface area contributed by atoms with Crippen molar-refractivity contribution in [2.24, 2.45) is 11.8 Å². The van der Waals surface area contributed by atoms with E-state index in [0.29, 0.717) is 11.8 Å². The Bertz CT molecular complexity index is 442. The first-order valence-corrected chi connectivity index (χ1v) is 5.90. The standard InChI is InChI=1S/C15H16O/c1-11-7-8-13-9-16-10-14(13)15(11)12-5-3-2-4-6-12/h2-8,11,13H,9-10H2,1H3. The molecule has 16 heavy (non-hydrogen) atoms. The molecule has 0 aromatic heterocycles. The quantitative estimate of drug-likeness (QED) is 0.649. The fourth-order valence-corrected chi connectivity index (χ4v) is 2.71. The number of hydrogen-bond donors (Lipinski definition) is 0. The lowest BCUT2D eigenvalue weighted by Crippen LogP contribution is -2.11. The molecule has 1 heteroatoms. The van der Waals surface area contributed by atoms with Crippen LogP contribution in [0.15, 0.2) is 48.1 Å². The van der Waals surface area contributed by atoms with E-state index < -0.39 is 0 Å². The molecule has 0 spiro atoms. The van der Waals surface area contributed by atoms with Crippen LogP contribution in [0.4, 0.5) is 0 Å². The van der Waals surface area contributed by atoms with Gasteiger partial charge in [0.2, 0.25) is 0 Å². The second-order valence-electron chi connectivity index (χ2n) is 4.60. The molecule has 3 rings (SSSR count). The fourth-order valence-electron chi connectivity index (χ4n) is 2.71. The number of rotatable bonds is 1. The highest BCUT2D eigenvalue weighted by Crippen LogP contribution is 2.38. The second kappa shape index (κ2) is 3.91. The molecule has 2 aliphatic rings. The van der Waals surface area contributed by atoms with Gasteiger partial charge < -0.3 is 4.74 Å². The predicted molar refractivity (Wildman–Crippen MR) is 66.0 cm³/mol. The van der Waals surface area contributed by atoms with E-state index in [2.05, 4.69) is 49.4 Å². The molecular weight excluding hydrogens is 196 g/mol. The van der Waals surface area contributed by atoms with Gasteiger partial charge in [-0.2, -0.15) is 0 Å². The largest absolute Gasteiger partial charge is 0.376 e. The van der Waals surface area contributed by atoms with Crippen LogP contribution in [-0.4, -0.2) is 13.2 Å². The maximum atomic E-state index is 5.58. The first kappa shape index (κ1) is 9.86. The number of ether oxygens (including phenoxy) is 1. The van der Waals surface area contributed by atoms with E-state index in [-0.39, 0.29) is 0 Å². The van der Waals surface area contributed by atoms with Gasteiger partial charge in [-0.25, -0.2) is 0 Å². The molecule has 0 amide bonds. The number of benzene rings is 1. The molecule has 1 aliphatic heterocycles. The fraction of sp³-hybridized carbons (Fsp3) is 0.333. The van der Waals surface area contributed by atoms with Gasteiger partial charge in [0.1, 0.15) is 0 Å². The van der Waals surface area contributed by atoms with Crippen molar-refractivity contribution in [3.8, 4) is 0 Å². The van der Waals surface area contributed by atoms with E-state index >= 15 is 0 Å². The van der Waals surface area contributed by atoms with Crippen LogP contribution in [0.1, 0.15) is 12.5 Å². The van der Waals surface area contributed by atoms with Crippen LogP contribution in [0.5, 0.6) is 0 Å². The van der Waals surface area contributed by atoms with Gasteiger partial charge in [0, 0.05) is 5.92 Å². The van der Waals surface area contributed by atoms with Gasteiger partial charge in [-0.1, -0.05) is 49.4 Å². The Balaban J connectivity index is 2.10. The highest BCUT2D eigenvalue weighted by atomic mass is 16.5. The third-order valence-corrected chi connectivity index (χ3v) is 3.52. The molecule has 1 aromatic rings. The summed E-state index contributed by atoms with van der Waals surface area (Å²) in [5.41, 5.74) is 4.32. The second-order valence-corrected chi connectivity index (χ2v) is 4.60. The molecule has 1 aromatic carbocycles. The molecule has 1 heterocycles. The van der Waals surface area contributed by atoms with Crippen molar-refractivity contribution < 1.29 is 4.74 Å². The number of allylic oxidation sites excluding steroid dienone is 2. The molecule has 82 valence electrons. The van der Waals surface area contributed by atoms with Crippen LogP contribution in [-0.2, 0) is 4.74 Å². The Kier molecular flexibility index (Phi) is 2.41. The van der Waals surface area contributed by atoms with Crippen molar-refractivity contribution in [3.05, 3.63) is 53.6 Å². The lowest BCUT2D eigenvalue weighted by molar-refractivity contribution is 0.195. The Hall–Kier alpha value is -1.34. The highest BCUT2D eigenvalue weighted by molar-refractivity contribution is 5.74. The zero-order chi connectivity index (χ0) is 11.0. The molecule has 0 radical (unpaired) electrons. The Morgan fingerprint density at radius 3 is 2.75 bits per heavy atom. The van der Waals surface area contributed by atoms with Gasteiger partial charge in [0.05, 0.1) is 13.2 Å². The average molecular weight is 212 g/mol. The molecule has 0 bridgehead atoms. The summed E-state index contributed by atoms with van der Waals surface area (Å²) < 4.78 is 5.58. The van der Waals surface area contributed by atoms with Gasteiger partial charge in [-0.15, -0.1) is 0 Å². The van der Waals surface area contributed by atoms with Gasteiger partial charge in [0.15, 0.2) is 0 Å². The van der Waals surface area contributed by atoms with E-state index in [1.807, 2.05) is 0 Å². The number of hydrogen-bond acceptors (Lipinski definition) is 1. The lowest BCUT2D eigenvalue weighted by atomic mass is 9.81. The van der Waals surface area contributed by atoms with E-state index in [1.54, 1.807) is 0 Å². The molecule has 2 unspecified atom stereocenters. The van der Waals surface area contributed by atoms with E-state index in [9.17, 15) is 0 Å². The van der Waals surface area contributed by atoms with Crippen molar-refractivity contribution >= 4 is 5.57 Å². The Morgan fingerprint density at radius 2 is 1.94 bits per heavy atom. The Labute approximate surface area is 96.4 Å². The van der Waals surface area contributed by atoms with Crippen molar-refractivity contribution in [2.45, 2.75) is 6.92 Å². The monoisotopic (exact) mass is 212 g/mol. The number of fused-ring (bicyclic) bond motifs is 1. The highest BCUT2D eigenvalue weighted by Gasteiger charge is 2.28. The summed E-state index contributed by atoms with van der Waals surface area (Å²) in [6, 6.07) is 10.7. The first-order valence-electron chi connectivity index (χ1n) is 5.90. The summed E-state index contributed by atoms with van der Waals surface area (Å²) in [6.07, 6.45) is 4.62. The summed E-state index contributed by atoms with van der Waals surface area (Å²) in [7, 11) is 0. The van der Waals surface area contributed by atoms with E-state index in [0.717, 1.165) is 13.2 Å². The van der Waals surface area contributed by atoms with Crippen molar-refractivity contribution in [1.82, 2.24) is 0 Å². The lowest BCUT2D eigenvalue weighted by Gasteiger charge is -2.23. The van der Waals surface area contributed by atoms with Crippen LogP contribution < -0.4 is 0 Å². The van der Waals surface area contributed by atoms with Gasteiger partial charge in [-0.05, 0) is 22.6 Å². The minimum Gasteiger partial charge on any atom is -0.376 e. The molecule has 0 saturated carbocycles. The average Bonchev–Trinajstić information content (AvgIpc) is 2.78. The molecule has 2 atom stereocenters. The van der Waals surface area contributed by atoms with Crippen LogP contribution in [0.3, 0.4) is 0 Å². The maximum Gasteiger partial charge on any atom is 0.0689 e. The molecule has 1 fully saturated rings. The van der Waals surface area contributed by atoms with Gasteiger partial charge in [0.25, 0.3) is 0 Å². The van der Waals surface area contributed by atoms with Crippen LogP contribution >= 0.6 is 0 Å². The van der Waals surface area contributed by atoms with Crippen molar-refractivity contribution in [2.75, 3.05) is 13.2 Å². The van der Waals surface area contributed by atoms with Crippen LogP contribution in [0.25, 0.3) is 5.57 Å². The summed E-state index contributed by atoms with van der Waals surface area (Å²) in [5, 5.41) is 0. The molecule has 0 N–H and O–H groups in total. The summed E-state index contributed by atoms with van der Waals surface area (Å²) in [6.45, 7) is 3.93. The van der Waals surface area contributed by atoms with Crippen molar-refractivity contribution in [3.63, 3.8) is 0 Å². The topological polar surface area (TPSA) is 9.23 Å². The summed E-state index contributed by atoms with van der Waals surface area (Å²) >= 11 is 0. The molecular formula is C15H16O. The predicted octanol–water partition coefficient (Wildman–Crippen LogP) is 3.29. The van der Waals surface area contributed by atoms with Crippen LogP contribution in [0.2, 0.25) is 0 Å². The molecule has 1 saturated heterocycles.